The molecule has 0 atom stereocenters. The Labute approximate surface area is 125 Å². The summed E-state index contributed by atoms with van der Waals surface area (Å²) in [7, 11) is 0. The van der Waals surface area contributed by atoms with E-state index in [9.17, 15) is 13.9 Å². The Morgan fingerprint density at radius 1 is 1.29 bits per heavy atom. The van der Waals surface area contributed by atoms with Crippen LogP contribution in [0.2, 0.25) is 0 Å². The number of ether oxygens (including phenoxy) is 2. The van der Waals surface area contributed by atoms with Crippen LogP contribution in [0.25, 0.3) is 11.1 Å². The van der Waals surface area contributed by atoms with Crippen molar-refractivity contribution in [1.29, 1.82) is 5.26 Å². The second-order valence-corrected chi connectivity index (χ2v) is 5.02. The van der Waals surface area contributed by atoms with Crippen LogP contribution in [0.4, 0.5) is 8.78 Å². The predicted octanol–water partition coefficient (Wildman–Crippen LogP) is 3.41. The lowest BCUT2D eigenvalue weighted by Gasteiger charge is -2.07. The van der Waals surface area contributed by atoms with Crippen molar-refractivity contribution in [3.63, 3.8) is 0 Å². The summed E-state index contributed by atoms with van der Waals surface area (Å²) >= 11 is 3.12. The molecule has 0 unspecified atom stereocenters. The van der Waals surface area contributed by atoms with Gasteiger partial charge in [-0.1, -0.05) is 0 Å². The van der Waals surface area contributed by atoms with Crippen molar-refractivity contribution in [2.24, 2.45) is 0 Å². The van der Waals surface area contributed by atoms with Gasteiger partial charge in [0, 0.05) is 17.3 Å². The fourth-order valence-electron chi connectivity index (χ4n) is 1.87. The molecule has 0 aliphatic carbocycles. The van der Waals surface area contributed by atoms with E-state index in [0.717, 1.165) is 0 Å². The smallest absolute Gasteiger partial charge is 0.506 e. The van der Waals surface area contributed by atoms with E-state index in [4.69, 9.17) is 5.26 Å². The fourth-order valence-corrected chi connectivity index (χ4v) is 2.33. The molecule has 1 aliphatic rings. The maximum Gasteiger partial charge on any atom is 0.587 e. The molecular weight excluding hydrogens is 350 g/mol. The van der Waals surface area contributed by atoms with E-state index >= 15 is 0 Å². The Kier molecular flexibility index (Phi) is 2.95. The van der Waals surface area contributed by atoms with Crippen LogP contribution in [0.1, 0.15) is 5.56 Å². The molecule has 0 fully saturated rings. The van der Waals surface area contributed by atoms with Crippen molar-refractivity contribution >= 4 is 15.9 Å². The number of rotatable bonds is 1. The SMILES string of the molecule is N#Cc1cc(Br)c(O)c(-c2cnc3c(c2)OC(F)(F)O3)c1. The summed E-state index contributed by atoms with van der Waals surface area (Å²) in [5.41, 5.74) is 0.859. The number of aromatic nitrogens is 1. The van der Waals surface area contributed by atoms with Crippen LogP contribution in [-0.2, 0) is 0 Å². The average Bonchev–Trinajstić information content (AvgIpc) is 2.74. The lowest BCUT2D eigenvalue weighted by atomic mass is 10.0. The molecule has 8 heteroatoms. The van der Waals surface area contributed by atoms with Gasteiger partial charge >= 0.3 is 6.29 Å². The number of phenols is 1. The molecule has 5 nitrogen and oxygen atoms in total. The van der Waals surface area contributed by atoms with Gasteiger partial charge in [0.2, 0.25) is 0 Å². The molecule has 0 radical (unpaired) electrons. The first-order chi connectivity index (χ1) is 9.89. The third kappa shape index (κ3) is 2.36. The summed E-state index contributed by atoms with van der Waals surface area (Å²) in [6.07, 6.45) is -2.52. The second kappa shape index (κ2) is 4.56. The lowest BCUT2D eigenvalue weighted by molar-refractivity contribution is -0.287. The number of benzene rings is 1. The van der Waals surface area contributed by atoms with Crippen LogP contribution in [0.15, 0.2) is 28.9 Å². The van der Waals surface area contributed by atoms with Crippen LogP contribution in [-0.4, -0.2) is 16.4 Å². The highest BCUT2D eigenvalue weighted by molar-refractivity contribution is 9.10. The first-order valence-electron chi connectivity index (χ1n) is 5.58. The summed E-state index contributed by atoms with van der Waals surface area (Å²) < 4.78 is 34.7. The Balaban J connectivity index is 2.12. The molecule has 0 amide bonds. The summed E-state index contributed by atoms with van der Waals surface area (Å²) in [4.78, 5) is 3.72. The number of phenolic OH excluding ortho intramolecular Hbond substituents is 1. The van der Waals surface area contributed by atoms with Crippen LogP contribution in [0, 0.1) is 11.3 Å². The van der Waals surface area contributed by atoms with Crippen LogP contribution in [0.5, 0.6) is 17.4 Å². The molecule has 0 saturated heterocycles. The van der Waals surface area contributed by atoms with Crippen molar-refractivity contribution in [2.75, 3.05) is 0 Å². The second-order valence-electron chi connectivity index (χ2n) is 4.16. The number of halogens is 3. The van der Waals surface area contributed by atoms with E-state index in [1.807, 2.05) is 6.07 Å². The number of hydrogen-bond acceptors (Lipinski definition) is 5. The average molecular weight is 355 g/mol. The van der Waals surface area contributed by atoms with Crippen molar-refractivity contribution in [1.82, 2.24) is 4.98 Å². The molecular formula is C13H5BrF2N2O3. The van der Waals surface area contributed by atoms with Crippen molar-refractivity contribution in [2.45, 2.75) is 6.29 Å². The summed E-state index contributed by atoms with van der Waals surface area (Å²) in [6.45, 7) is 0. The van der Waals surface area contributed by atoms with Crippen molar-refractivity contribution < 1.29 is 23.4 Å². The highest BCUT2D eigenvalue weighted by Gasteiger charge is 2.44. The maximum absolute atomic E-state index is 12.9. The minimum Gasteiger partial charge on any atom is -0.506 e. The summed E-state index contributed by atoms with van der Waals surface area (Å²) in [6, 6.07) is 6.04. The minimum atomic E-state index is -3.76. The monoisotopic (exact) mass is 354 g/mol. The van der Waals surface area contributed by atoms with Gasteiger partial charge < -0.3 is 14.6 Å². The van der Waals surface area contributed by atoms with Gasteiger partial charge in [-0.15, -0.1) is 8.78 Å². The molecule has 106 valence electrons. The van der Waals surface area contributed by atoms with E-state index < -0.39 is 6.29 Å². The van der Waals surface area contributed by atoms with E-state index in [0.29, 0.717) is 10.0 Å². The number of pyridine rings is 1. The molecule has 21 heavy (non-hydrogen) atoms. The number of nitrogens with zero attached hydrogens (tertiary/aromatic N) is 2. The van der Waals surface area contributed by atoms with E-state index in [-0.39, 0.29) is 28.5 Å². The number of aromatic hydroxyl groups is 1. The zero-order chi connectivity index (χ0) is 15.2. The van der Waals surface area contributed by atoms with Crippen LogP contribution in [0.3, 0.4) is 0 Å². The predicted molar refractivity (Wildman–Crippen MR) is 70.0 cm³/mol. The topological polar surface area (TPSA) is 75.4 Å². The summed E-state index contributed by atoms with van der Waals surface area (Å²) in [5, 5.41) is 19.0. The molecule has 3 rings (SSSR count). The van der Waals surface area contributed by atoms with Gasteiger partial charge in [-0.3, -0.25) is 0 Å². The third-order valence-electron chi connectivity index (χ3n) is 2.77. The molecule has 0 spiro atoms. The lowest BCUT2D eigenvalue weighted by Crippen LogP contribution is -2.26. The van der Waals surface area contributed by atoms with Gasteiger partial charge in [0.25, 0.3) is 5.88 Å². The van der Waals surface area contributed by atoms with Crippen molar-refractivity contribution in [3.05, 3.63) is 34.4 Å². The molecule has 1 aromatic heterocycles. The van der Waals surface area contributed by atoms with Crippen molar-refractivity contribution in [3.8, 4) is 34.6 Å². The Morgan fingerprint density at radius 2 is 2.05 bits per heavy atom. The Bertz CT molecular complexity index is 790. The fraction of sp³-hybridized carbons (Fsp3) is 0.0769. The van der Waals surface area contributed by atoms with Gasteiger partial charge in [0.15, 0.2) is 5.75 Å². The van der Waals surface area contributed by atoms with Gasteiger partial charge in [-0.05, 0) is 34.1 Å². The van der Waals surface area contributed by atoms with E-state index in [1.165, 1.54) is 24.4 Å². The standard InChI is InChI=1S/C13H5BrF2N2O3/c14-9-2-6(4-17)1-8(11(9)19)7-3-10-12(18-5-7)21-13(15,16)20-10/h1-3,5,19H. The van der Waals surface area contributed by atoms with Crippen LogP contribution < -0.4 is 9.47 Å². The first-order valence-corrected chi connectivity index (χ1v) is 6.38. The highest BCUT2D eigenvalue weighted by Crippen LogP contribution is 2.43. The minimum absolute atomic E-state index is 0.138. The molecule has 2 aromatic rings. The molecule has 1 aromatic carbocycles. The van der Waals surface area contributed by atoms with Crippen LogP contribution >= 0.6 is 15.9 Å². The Morgan fingerprint density at radius 3 is 2.76 bits per heavy atom. The molecule has 1 N–H and O–H groups in total. The molecule has 2 heterocycles. The summed E-state index contributed by atoms with van der Waals surface area (Å²) in [5.74, 6) is -0.712. The van der Waals surface area contributed by atoms with Gasteiger partial charge in [-0.25, -0.2) is 4.98 Å². The maximum atomic E-state index is 12.9. The zero-order valence-corrected chi connectivity index (χ0v) is 11.7. The first kappa shape index (κ1) is 13.6. The Hall–Kier alpha value is -2.40. The van der Waals surface area contributed by atoms with Gasteiger partial charge in [0.05, 0.1) is 16.1 Å². The highest BCUT2D eigenvalue weighted by atomic mass is 79.9. The largest absolute Gasteiger partial charge is 0.587 e. The quantitative estimate of drug-likeness (QED) is 0.849. The zero-order valence-electron chi connectivity index (χ0n) is 10.1. The normalized spacial score (nSPS) is 14.8. The van der Waals surface area contributed by atoms with E-state index in [2.05, 4.69) is 30.4 Å². The molecule has 1 aliphatic heterocycles. The van der Waals surface area contributed by atoms with Gasteiger partial charge in [-0.2, -0.15) is 5.26 Å². The van der Waals surface area contributed by atoms with E-state index in [1.54, 1.807) is 0 Å². The number of fused-ring (bicyclic) bond motifs is 1. The number of hydrogen-bond donors (Lipinski definition) is 1. The van der Waals surface area contributed by atoms with Gasteiger partial charge in [0.1, 0.15) is 5.75 Å². The number of alkyl halides is 2. The molecule has 0 bridgehead atoms. The third-order valence-corrected chi connectivity index (χ3v) is 3.37. The number of nitriles is 1. The molecule has 0 saturated carbocycles.